The van der Waals surface area contributed by atoms with Gasteiger partial charge < -0.3 is 9.64 Å². The Kier molecular flexibility index (Phi) is 5.45. The van der Waals surface area contributed by atoms with Crippen molar-refractivity contribution in [2.75, 3.05) is 39.4 Å². The van der Waals surface area contributed by atoms with Gasteiger partial charge in [0.2, 0.25) is 5.82 Å². The fourth-order valence-electron chi connectivity index (χ4n) is 4.18. The van der Waals surface area contributed by atoms with Gasteiger partial charge in [-0.05, 0) is 37.0 Å². The molecule has 1 aromatic carbocycles. The third-order valence-corrected chi connectivity index (χ3v) is 5.87. The molecule has 144 valence electrons. The highest BCUT2D eigenvalue weighted by molar-refractivity contribution is 6.00. The minimum atomic E-state index is 0.0490. The van der Waals surface area contributed by atoms with Gasteiger partial charge in [-0.2, -0.15) is 5.21 Å². The van der Waals surface area contributed by atoms with E-state index in [0.717, 1.165) is 57.8 Å². The molecule has 4 rings (SSSR count). The number of carbonyl (C=O) groups is 1. The van der Waals surface area contributed by atoms with E-state index in [9.17, 15) is 4.79 Å². The standard InChI is InChI=1S/C19H26N6O2/c1-14(24-10-12-27-13-11-24)15-6-8-25(9-7-15)19(26)17-5-3-2-4-16(17)18-20-22-23-21-18/h2-5,14-15H,6-13H2,1H3,(H,20,21,22,23)/t14-/m0/s1. The van der Waals surface area contributed by atoms with E-state index in [1.165, 1.54) is 0 Å². The molecule has 0 aliphatic carbocycles. The summed E-state index contributed by atoms with van der Waals surface area (Å²) in [7, 11) is 0. The molecule has 1 amide bonds. The van der Waals surface area contributed by atoms with Gasteiger partial charge in [0, 0.05) is 37.8 Å². The minimum Gasteiger partial charge on any atom is -0.379 e. The van der Waals surface area contributed by atoms with Gasteiger partial charge in [-0.1, -0.05) is 18.2 Å². The Hall–Kier alpha value is -2.32. The highest BCUT2D eigenvalue weighted by Gasteiger charge is 2.31. The van der Waals surface area contributed by atoms with Crippen molar-refractivity contribution >= 4 is 5.91 Å². The fraction of sp³-hybridized carbons (Fsp3) is 0.579. The summed E-state index contributed by atoms with van der Waals surface area (Å²) in [6.07, 6.45) is 2.07. The zero-order valence-electron chi connectivity index (χ0n) is 15.7. The number of aromatic amines is 1. The van der Waals surface area contributed by atoms with Crippen molar-refractivity contribution in [2.45, 2.75) is 25.8 Å². The summed E-state index contributed by atoms with van der Waals surface area (Å²) in [5, 5.41) is 14.1. The minimum absolute atomic E-state index is 0.0490. The summed E-state index contributed by atoms with van der Waals surface area (Å²) in [4.78, 5) is 17.6. The van der Waals surface area contributed by atoms with E-state index in [4.69, 9.17) is 4.74 Å². The second-order valence-corrected chi connectivity index (χ2v) is 7.30. The molecule has 1 atom stereocenters. The van der Waals surface area contributed by atoms with Crippen molar-refractivity contribution in [2.24, 2.45) is 5.92 Å². The van der Waals surface area contributed by atoms with Crippen LogP contribution in [0.1, 0.15) is 30.1 Å². The Morgan fingerprint density at radius 1 is 1.19 bits per heavy atom. The van der Waals surface area contributed by atoms with Crippen LogP contribution < -0.4 is 0 Å². The van der Waals surface area contributed by atoms with Gasteiger partial charge in [-0.15, -0.1) is 10.2 Å². The molecule has 0 saturated carbocycles. The number of ether oxygens (including phenoxy) is 1. The van der Waals surface area contributed by atoms with Crippen LogP contribution in [-0.2, 0) is 4.74 Å². The van der Waals surface area contributed by atoms with Gasteiger partial charge in [0.15, 0.2) is 0 Å². The molecular formula is C19H26N6O2. The Bertz CT molecular complexity index is 751. The lowest BCUT2D eigenvalue weighted by Crippen LogP contribution is -2.49. The van der Waals surface area contributed by atoms with Gasteiger partial charge in [-0.25, -0.2) is 0 Å². The third kappa shape index (κ3) is 3.86. The van der Waals surface area contributed by atoms with Crippen LogP contribution in [0.5, 0.6) is 0 Å². The summed E-state index contributed by atoms with van der Waals surface area (Å²) in [5.74, 6) is 1.13. The smallest absolute Gasteiger partial charge is 0.254 e. The number of benzene rings is 1. The molecule has 0 unspecified atom stereocenters. The fourth-order valence-corrected chi connectivity index (χ4v) is 4.18. The topological polar surface area (TPSA) is 87.2 Å². The molecule has 8 nitrogen and oxygen atoms in total. The van der Waals surface area contributed by atoms with Crippen LogP contribution in [-0.4, -0.2) is 81.8 Å². The quantitative estimate of drug-likeness (QED) is 0.876. The van der Waals surface area contributed by atoms with Crippen molar-refractivity contribution in [3.8, 4) is 11.4 Å². The molecule has 1 aromatic heterocycles. The Labute approximate surface area is 158 Å². The second-order valence-electron chi connectivity index (χ2n) is 7.30. The number of hydrogen-bond acceptors (Lipinski definition) is 6. The van der Waals surface area contributed by atoms with Gasteiger partial charge in [-0.3, -0.25) is 9.69 Å². The van der Waals surface area contributed by atoms with Crippen molar-refractivity contribution in [1.29, 1.82) is 0 Å². The summed E-state index contributed by atoms with van der Waals surface area (Å²) in [6.45, 7) is 7.58. The molecule has 0 bridgehead atoms. The number of morpholine rings is 1. The Morgan fingerprint density at radius 3 is 2.63 bits per heavy atom. The van der Waals surface area contributed by atoms with E-state index in [2.05, 4.69) is 32.4 Å². The average molecular weight is 370 g/mol. The summed E-state index contributed by atoms with van der Waals surface area (Å²) in [5.41, 5.74) is 1.36. The van der Waals surface area contributed by atoms with Crippen molar-refractivity contribution in [3.05, 3.63) is 29.8 Å². The van der Waals surface area contributed by atoms with E-state index < -0.39 is 0 Å². The van der Waals surface area contributed by atoms with Crippen LogP contribution in [0.25, 0.3) is 11.4 Å². The van der Waals surface area contributed by atoms with E-state index in [0.29, 0.717) is 23.3 Å². The SMILES string of the molecule is C[C@@H](C1CCN(C(=O)c2ccccc2-c2nn[nH]n2)CC1)N1CCOCC1. The van der Waals surface area contributed by atoms with Crippen molar-refractivity contribution in [1.82, 2.24) is 30.4 Å². The normalized spacial score (nSPS) is 20.6. The van der Waals surface area contributed by atoms with Gasteiger partial charge in [0.1, 0.15) is 0 Å². The number of nitrogens with zero attached hydrogens (tertiary/aromatic N) is 5. The van der Waals surface area contributed by atoms with E-state index in [1.54, 1.807) is 0 Å². The second kappa shape index (κ2) is 8.14. The maximum absolute atomic E-state index is 13.1. The third-order valence-electron chi connectivity index (χ3n) is 5.87. The average Bonchev–Trinajstić information content (AvgIpc) is 3.28. The molecule has 8 heteroatoms. The maximum Gasteiger partial charge on any atom is 0.254 e. The molecule has 0 spiro atoms. The molecule has 27 heavy (non-hydrogen) atoms. The number of amides is 1. The first kappa shape index (κ1) is 18.1. The number of nitrogens with one attached hydrogen (secondary N) is 1. The lowest BCUT2D eigenvalue weighted by Gasteiger charge is -2.41. The number of likely N-dealkylation sites (tertiary alicyclic amines) is 1. The number of tetrazole rings is 1. The zero-order chi connectivity index (χ0) is 18.6. The first-order valence-corrected chi connectivity index (χ1v) is 9.68. The molecule has 0 radical (unpaired) electrons. The molecule has 2 aliphatic heterocycles. The van der Waals surface area contributed by atoms with Crippen LogP contribution in [0.2, 0.25) is 0 Å². The molecular weight excluding hydrogens is 344 g/mol. The van der Waals surface area contributed by atoms with Gasteiger partial charge in [0.25, 0.3) is 5.91 Å². The monoisotopic (exact) mass is 370 g/mol. The maximum atomic E-state index is 13.1. The highest BCUT2D eigenvalue weighted by atomic mass is 16.5. The number of rotatable bonds is 4. The molecule has 2 fully saturated rings. The van der Waals surface area contributed by atoms with Gasteiger partial charge in [0.05, 0.1) is 18.8 Å². The molecule has 2 saturated heterocycles. The van der Waals surface area contributed by atoms with E-state index in [1.807, 2.05) is 29.2 Å². The molecule has 2 aromatic rings. The number of H-pyrrole nitrogens is 1. The number of piperidine rings is 1. The Balaban J connectivity index is 1.41. The molecule has 1 N–H and O–H groups in total. The number of hydrogen-bond donors (Lipinski definition) is 1. The first-order chi connectivity index (χ1) is 13.2. The number of carbonyl (C=O) groups excluding carboxylic acids is 1. The Morgan fingerprint density at radius 2 is 1.93 bits per heavy atom. The van der Waals surface area contributed by atoms with Crippen LogP contribution in [0.15, 0.2) is 24.3 Å². The van der Waals surface area contributed by atoms with Crippen molar-refractivity contribution < 1.29 is 9.53 Å². The van der Waals surface area contributed by atoms with Crippen molar-refractivity contribution in [3.63, 3.8) is 0 Å². The van der Waals surface area contributed by atoms with Crippen LogP contribution in [0, 0.1) is 5.92 Å². The molecule has 2 aliphatic rings. The highest BCUT2D eigenvalue weighted by Crippen LogP contribution is 2.27. The lowest BCUT2D eigenvalue weighted by molar-refractivity contribution is -0.000946. The summed E-state index contributed by atoms with van der Waals surface area (Å²) < 4.78 is 5.47. The van der Waals surface area contributed by atoms with Crippen LogP contribution in [0.4, 0.5) is 0 Å². The molecule has 3 heterocycles. The van der Waals surface area contributed by atoms with E-state index in [-0.39, 0.29) is 5.91 Å². The summed E-state index contributed by atoms with van der Waals surface area (Å²) >= 11 is 0. The van der Waals surface area contributed by atoms with E-state index >= 15 is 0 Å². The van der Waals surface area contributed by atoms with Crippen LogP contribution in [0.3, 0.4) is 0 Å². The lowest BCUT2D eigenvalue weighted by atomic mass is 9.88. The number of aromatic nitrogens is 4. The predicted molar refractivity (Wildman–Crippen MR) is 100 cm³/mol. The first-order valence-electron chi connectivity index (χ1n) is 9.68. The zero-order valence-corrected chi connectivity index (χ0v) is 15.7. The van der Waals surface area contributed by atoms with Crippen LogP contribution >= 0.6 is 0 Å². The van der Waals surface area contributed by atoms with Gasteiger partial charge >= 0.3 is 0 Å². The predicted octanol–water partition coefficient (Wildman–Crippen LogP) is 1.44. The summed E-state index contributed by atoms with van der Waals surface area (Å²) in [6, 6.07) is 8.02. The largest absolute Gasteiger partial charge is 0.379 e.